The fourth-order valence-corrected chi connectivity index (χ4v) is 11.5. The Morgan fingerprint density at radius 2 is 0.849 bits per heavy atom. The number of anilines is 6. The molecule has 0 N–H and O–H groups in total. The third-order valence-corrected chi connectivity index (χ3v) is 15.0. The number of oxazole rings is 1. The molecule has 0 unspecified atom stereocenters. The fourth-order valence-electron chi connectivity index (χ4n) is 10.4. The molecule has 14 aromatic rings. The lowest BCUT2D eigenvalue weighted by Crippen LogP contribution is -2.10. The number of furan rings is 1. The molecule has 0 fully saturated rings. The lowest BCUT2D eigenvalue weighted by atomic mass is 9.97. The molecule has 3 heterocycles. The lowest BCUT2D eigenvalue weighted by Gasteiger charge is -2.26. The summed E-state index contributed by atoms with van der Waals surface area (Å²) < 4.78 is 14.7. The SMILES string of the molecule is c1ccc(N(c2ccc(-c3ccc4oc5ccccc5c4c3)cc2)c2cccc(-c3cccc(-c4ccc5c(c4)sc4cccc(N(c6ccccc6)c6ccc(-c7nc8ccccc8o7)cc6)c45)c3)c2)cc1. The number of rotatable bonds is 10. The van der Waals surface area contributed by atoms with Gasteiger partial charge in [0.2, 0.25) is 5.89 Å². The number of hydrogen-bond donors (Lipinski definition) is 0. The Bertz CT molecular complexity index is 4300. The molecule has 73 heavy (non-hydrogen) atoms. The van der Waals surface area contributed by atoms with Gasteiger partial charge in [-0.15, -0.1) is 11.3 Å². The zero-order valence-electron chi connectivity index (χ0n) is 39.4. The zero-order valence-corrected chi connectivity index (χ0v) is 40.2. The van der Waals surface area contributed by atoms with Crippen molar-refractivity contribution in [3.8, 4) is 44.8 Å². The van der Waals surface area contributed by atoms with Gasteiger partial charge in [-0.2, -0.15) is 0 Å². The molecule has 0 aliphatic heterocycles. The normalized spacial score (nSPS) is 11.6. The second-order valence-electron chi connectivity index (χ2n) is 18.3. The summed E-state index contributed by atoms with van der Waals surface area (Å²) in [5.41, 5.74) is 17.8. The van der Waals surface area contributed by atoms with Crippen LogP contribution in [0.15, 0.2) is 270 Å². The summed E-state index contributed by atoms with van der Waals surface area (Å²) in [5, 5.41) is 4.72. The minimum Gasteiger partial charge on any atom is -0.456 e. The molecule has 0 saturated carbocycles. The summed E-state index contributed by atoms with van der Waals surface area (Å²) >= 11 is 1.84. The summed E-state index contributed by atoms with van der Waals surface area (Å²) in [6.07, 6.45) is 0. The lowest BCUT2D eigenvalue weighted by molar-refractivity contribution is 0.620. The van der Waals surface area contributed by atoms with Crippen molar-refractivity contribution in [2.24, 2.45) is 0 Å². The average Bonchev–Trinajstić information content (AvgIpc) is 4.18. The van der Waals surface area contributed by atoms with Gasteiger partial charge in [0, 0.05) is 64.9 Å². The number of para-hydroxylation sites is 5. The van der Waals surface area contributed by atoms with Crippen molar-refractivity contribution in [3.05, 3.63) is 261 Å². The van der Waals surface area contributed by atoms with Crippen LogP contribution in [0.3, 0.4) is 0 Å². The van der Waals surface area contributed by atoms with E-state index >= 15 is 0 Å². The first-order valence-corrected chi connectivity index (χ1v) is 25.3. The van der Waals surface area contributed by atoms with Crippen molar-refractivity contribution in [1.29, 1.82) is 0 Å². The van der Waals surface area contributed by atoms with Crippen molar-refractivity contribution in [3.63, 3.8) is 0 Å². The molecule has 344 valence electrons. The molecule has 0 saturated heterocycles. The Labute approximate surface area is 425 Å². The molecule has 0 radical (unpaired) electrons. The van der Waals surface area contributed by atoms with E-state index in [0.717, 1.165) is 95.0 Å². The van der Waals surface area contributed by atoms with Gasteiger partial charge in [-0.1, -0.05) is 133 Å². The Kier molecular flexibility index (Phi) is 10.3. The van der Waals surface area contributed by atoms with E-state index in [0.29, 0.717) is 5.89 Å². The average molecular weight is 954 g/mol. The highest BCUT2D eigenvalue weighted by Gasteiger charge is 2.20. The predicted molar refractivity (Wildman–Crippen MR) is 305 cm³/mol. The molecule has 14 rings (SSSR count). The quantitative estimate of drug-likeness (QED) is 0.137. The molecular formula is C67H43N3O2S. The molecule has 0 aliphatic rings. The second-order valence-corrected chi connectivity index (χ2v) is 19.4. The Morgan fingerprint density at radius 3 is 1.62 bits per heavy atom. The molecule has 0 bridgehead atoms. The predicted octanol–water partition coefficient (Wildman–Crippen LogP) is 19.7. The number of thiophene rings is 1. The van der Waals surface area contributed by atoms with E-state index in [2.05, 4.69) is 234 Å². The third kappa shape index (κ3) is 7.69. The van der Waals surface area contributed by atoms with Gasteiger partial charge in [-0.05, 0) is 161 Å². The van der Waals surface area contributed by atoms with Gasteiger partial charge in [0.1, 0.15) is 16.7 Å². The maximum absolute atomic E-state index is 6.13. The molecule has 11 aromatic carbocycles. The summed E-state index contributed by atoms with van der Waals surface area (Å²) in [6, 6.07) is 92.6. The zero-order chi connectivity index (χ0) is 48.2. The van der Waals surface area contributed by atoms with Gasteiger partial charge in [0.25, 0.3) is 0 Å². The maximum Gasteiger partial charge on any atom is 0.227 e. The summed E-state index contributed by atoms with van der Waals surface area (Å²) in [4.78, 5) is 9.45. The molecule has 6 heteroatoms. The van der Waals surface area contributed by atoms with Crippen molar-refractivity contribution < 1.29 is 8.83 Å². The van der Waals surface area contributed by atoms with Crippen LogP contribution in [0.1, 0.15) is 0 Å². The number of hydrogen-bond acceptors (Lipinski definition) is 6. The first-order valence-electron chi connectivity index (χ1n) is 24.5. The molecule has 0 spiro atoms. The van der Waals surface area contributed by atoms with Crippen LogP contribution in [0.4, 0.5) is 34.1 Å². The van der Waals surface area contributed by atoms with E-state index in [1.54, 1.807) is 0 Å². The smallest absolute Gasteiger partial charge is 0.227 e. The first kappa shape index (κ1) is 42.4. The van der Waals surface area contributed by atoms with Crippen LogP contribution >= 0.6 is 11.3 Å². The number of fused-ring (bicyclic) bond motifs is 7. The largest absolute Gasteiger partial charge is 0.456 e. The van der Waals surface area contributed by atoms with Crippen LogP contribution in [0.5, 0.6) is 0 Å². The molecular weight excluding hydrogens is 911 g/mol. The molecule has 5 nitrogen and oxygen atoms in total. The minimum absolute atomic E-state index is 0.613. The third-order valence-electron chi connectivity index (χ3n) is 13.9. The number of aromatic nitrogens is 1. The molecule has 3 aromatic heterocycles. The number of nitrogens with zero attached hydrogens (tertiary/aromatic N) is 3. The first-order chi connectivity index (χ1) is 36.1. The second kappa shape index (κ2) is 17.7. The van der Waals surface area contributed by atoms with E-state index in [1.165, 1.54) is 31.3 Å². The van der Waals surface area contributed by atoms with Crippen LogP contribution in [0, 0.1) is 0 Å². The summed E-state index contributed by atoms with van der Waals surface area (Å²) in [6.45, 7) is 0. The van der Waals surface area contributed by atoms with Crippen molar-refractivity contribution in [2.45, 2.75) is 0 Å². The number of benzene rings is 11. The van der Waals surface area contributed by atoms with Crippen molar-refractivity contribution in [1.82, 2.24) is 4.98 Å². The highest BCUT2D eigenvalue weighted by molar-refractivity contribution is 7.26. The van der Waals surface area contributed by atoms with Crippen LogP contribution < -0.4 is 9.80 Å². The van der Waals surface area contributed by atoms with Crippen molar-refractivity contribution in [2.75, 3.05) is 9.80 Å². The van der Waals surface area contributed by atoms with Gasteiger partial charge in [-0.3, -0.25) is 0 Å². The minimum atomic E-state index is 0.613. The highest BCUT2D eigenvalue weighted by atomic mass is 32.1. The maximum atomic E-state index is 6.13. The Balaban J connectivity index is 0.785. The highest BCUT2D eigenvalue weighted by Crippen LogP contribution is 2.46. The van der Waals surface area contributed by atoms with Gasteiger partial charge >= 0.3 is 0 Å². The topological polar surface area (TPSA) is 45.7 Å². The van der Waals surface area contributed by atoms with Crippen LogP contribution in [0.2, 0.25) is 0 Å². The van der Waals surface area contributed by atoms with Crippen molar-refractivity contribution >= 4 is 98.7 Å². The van der Waals surface area contributed by atoms with E-state index in [9.17, 15) is 0 Å². The van der Waals surface area contributed by atoms with Gasteiger partial charge in [0.05, 0.1) is 5.69 Å². The Hall–Kier alpha value is -9.49. The van der Waals surface area contributed by atoms with Crippen LogP contribution in [-0.2, 0) is 0 Å². The van der Waals surface area contributed by atoms with E-state index in [-0.39, 0.29) is 0 Å². The van der Waals surface area contributed by atoms with E-state index in [4.69, 9.17) is 13.8 Å². The monoisotopic (exact) mass is 953 g/mol. The molecule has 0 atom stereocenters. The molecule has 0 aliphatic carbocycles. The summed E-state index contributed by atoms with van der Waals surface area (Å²) in [5.74, 6) is 0.613. The van der Waals surface area contributed by atoms with E-state index < -0.39 is 0 Å². The van der Waals surface area contributed by atoms with Crippen LogP contribution in [-0.4, -0.2) is 4.98 Å². The van der Waals surface area contributed by atoms with Crippen LogP contribution in [0.25, 0.3) is 98.0 Å². The standard InChI is InChI=1S/C67H43N3O2S/c1-3-17-51(18-4-1)69(53-34-28-44(29-35-53)49-33-39-62-58(42-49)56-22-7-9-25-61(56)71-62)55-21-12-16-48(41-55)46-14-11-15-47(40-46)50-32-38-57-65(43-50)73-64-27-13-24-60(66(57)64)70(52-19-5-2-6-20-52)54-36-30-45(31-37-54)67-68-59-23-8-10-26-63(59)72-67/h1-43H. The fraction of sp³-hybridized carbons (Fsp3) is 0. The summed E-state index contributed by atoms with van der Waals surface area (Å²) in [7, 11) is 0. The van der Waals surface area contributed by atoms with Gasteiger partial charge in [0.15, 0.2) is 5.58 Å². The molecule has 0 amide bonds. The van der Waals surface area contributed by atoms with Gasteiger partial charge < -0.3 is 18.6 Å². The Morgan fingerprint density at radius 1 is 0.301 bits per heavy atom. The van der Waals surface area contributed by atoms with E-state index in [1.807, 2.05) is 47.7 Å². The van der Waals surface area contributed by atoms with Gasteiger partial charge in [-0.25, -0.2) is 4.98 Å².